The van der Waals surface area contributed by atoms with Crippen LogP contribution in [0.1, 0.15) is 0 Å². The van der Waals surface area contributed by atoms with Gasteiger partial charge in [-0.25, -0.2) is 4.98 Å². The van der Waals surface area contributed by atoms with Gasteiger partial charge in [0.2, 0.25) is 0 Å². The van der Waals surface area contributed by atoms with E-state index in [0.29, 0.717) is 0 Å². The van der Waals surface area contributed by atoms with Crippen LogP contribution in [-0.4, -0.2) is 4.98 Å². The van der Waals surface area contributed by atoms with Gasteiger partial charge in [0.15, 0.2) is 0 Å². The molecule has 49 valence electrons. The average molecular weight is 166 g/mol. The predicted molar refractivity (Wildman–Crippen MR) is 44.3 cm³/mol. The van der Waals surface area contributed by atoms with E-state index in [-0.39, 0.29) is 0 Å². The van der Waals surface area contributed by atoms with Gasteiger partial charge in [-0.2, -0.15) is 0 Å². The van der Waals surface area contributed by atoms with Crippen LogP contribution < -0.4 is 0 Å². The second kappa shape index (κ2) is 2.52. The number of rotatable bonds is 1. The number of aromatic nitrogens is 1. The summed E-state index contributed by atoms with van der Waals surface area (Å²) in [4.78, 5) is 4.16. The average Bonchev–Trinajstić information content (AvgIpc) is 2.59. The van der Waals surface area contributed by atoms with Gasteiger partial charge in [0.1, 0.15) is 5.01 Å². The highest BCUT2D eigenvalue weighted by Crippen LogP contribution is 2.22. The topological polar surface area (TPSA) is 12.9 Å². The fourth-order valence-corrected chi connectivity index (χ4v) is 1.98. The lowest BCUT2D eigenvalue weighted by atomic mass is 10.4. The zero-order valence-corrected chi connectivity index (χ0v) is 6.71. The van der Waals surface area contributed by atoms with Gasteiger partial charge in [0.05, 0.1) is 0 Å². The summed E-state index contributed by atoms with van der Waals surface area (Å²) in [6.45, 7) is 0. The summed E-state index contributed by atoms with van der Waals surface area (Å²) in [5, 5.41) is 8.14. The molecule has 10 heavy (non-hydrogen) atoms. The van der Waals surface area contributed by atoms with Gasteiger partial charge in [-0.3, -0.25) is 0 Å². The lowest BCUT2D eigenvalue weighted by Crippen LogP contribution is -1.65. The van der Waals surface area contributed by atoms with Crippen LogP contribution in [-0.2, 0) is 0 Å². The Kier molecular flexibility index (Phi) is 1.53. The zero-order chi connectivity index (χ0) is 6.81. The van der Waals surface area contributed by atoms with E-state index < -0.39 is 0 Å². The van der Waals surface area contributed by atoms with Crippen molar-refractivity contribution in [1.82, 2.24) is 4.98 Å². The third-order valence-corrected chi connectivity index (χ3v) is 2.60. The van der Waals surface area contributed by atoms with E-state index in [2.05, 4.69) is 15.7 Å². The fraction of sp³-hybridized carbons (Fsp3) is 0. The molecule has 0 aliphatic carbocycles. The molecule has 0 unspecified atom stereocenters. The summed E-state index contributed by atoms with van der Waals surface area (Å²) in [5.41, 5.74) is 1.18. The minimum absolute atomic E-state index is 1.08. The van der Waals surface area contributed by atoms with Crippen LogP contribution in [0.2, 0.25) is 0 Å². The van der Waals surface area contributed by atoms with Crippen LogP contribution in [0.25, 0.3) is 10.6 Å². The van der Waals surface area contributed by atoms with Crippen molar-refractivity contribution < 1.29 is 0 Å². The Morgan fingerprint density at radius 3 is 3.10 bits per heavy atom. The Morgan fingerprint density at radius 1 is 1.50 bits per heavy atom. The normalized spacial score (nSPS) is 10.0. The summed E-state index contributed by atoms with van der Waals surface area (Å²) in [6, 6.07) is 1.96. The van der Waals surface area contributed by atoms with Crippen LogP contribution in [0.4, 0.5) is 0 Å². The minimum atomic E-state index is 1.08. The third kappa shape index (κ3) is 0.978. The number of thiazole rings is 1. The van der Waals surface area contributed by atoms with Crippen molar-refractivity contribution in [1.29, 1.82) is 0 Å². The van der Waals surface area contributed by atoms with Crippen molar-refractivity contribution in [2.24, 2.45) is 0 Å². The summed E-state index contributed by atoms with van der Waals surface area (Å²) < 4.78 is 0. The molecule has 0 atom stereocenters. The number of hydrogen-bond acceptors (Lipinski definition) is 3. The summed E-state index contributed by atoms with van der Waals surface area (Å²) >= 11 is 3.24. The van der Waals surface area contributed by atoms with Gasteiger partial charge in [-0.15, -0.1) is 22.7 Å². The van der Waals surface area contributed by atoms with E-state index in [1.807, 2.05) is 17.6 Å². The van der Waals surface area contributed by atoms with Gasteiger partial charge in [-0.1, -0.05) is 0 Å². The SMILES string of the molecule is [c]1cc(-c2nccs2)cs1. The van der Waals surface area contributed by atoms with Crippen LogP contribution in [0.3, 0.4) is 0 Å². The van der Waals surface area contributed by atoms with Crippen LogP contribution in [0, 0.1) is 5.38 Å². The van der Waals surface area contributed by atoms with Crippen molar-refractivity contribution in [3.05, 3.63) is 28.4 Å². The molecule has 1 radical (unpaired) electrons. The zero-order valence-electron chi connectivity index (χ0n) is 5.07. The maximum atomic E-state index is 4.16. The molecule has 2 aromatic heterocycles. The quantitative estimate of drug-likeness (QED) is 0.634. The van der Waals surface area contributed by atoms with E-state index >= 15 is 0 Å². The third-order valence-electron chi connectivity index (χ3n) is 1.15. The first kappa shape index (κ1) is 6.07. The van der Waals surface area contributed by atoms with E-state index in [4.69, 9.17) is 0 Å². The molecular weight excluding hydrogens is 162 g/mol. The van der Waals surface area contributed by atoms with Gasteiger partial charge >= 0.3 is 0 Å². The molecule has 1 nitrogen and oxygen atoms in total. The molecule has 0 saturated heterocycles. The molecule has 0 aromatic carbocycles. The Hall–Kier alpha value is -0.670. The molecule has 0 amide bonds. The van der Waals surface area contributed by atoms with E-state index in [9.17, 15) is 0 Å². The lowest BCUT2D eigenvalue weighted by molar-refractivity contribution is 1.42. The van der Waals surface area contributed by atoms with Crippen molar-refractivity contribution in [3.63, 3.8) is 0 Å². The maximum absolute atomic E-state index is 4.16. The summed E-state index contributed by atoms with van der Waals surface area (Å²) in [6.07, 6.45) is 1.82. The predicted octanol–water partition coefficient (Wildman–Crippen LogP) is 2.67. The molecule has 0 bridgehead atoms. The first-order valence-corrected chi connectivity index (χ1v) is 4.57. The molecule has 2 heterocycles. The Balaban J connectivity index is 2.48. The molecule has 0 N–H and O–H groups in total. The van der Waals surface area contributed by atoms with Gasteiger partial charge < -0.3 is 0 Å². The molecule has 2 aromatic rings. The lowest BCUT2D eigenvalue weighted by Gasteiger charge is -1.83. The Morgan fingerprint density at radius 2 is 2.50 bits per heavy atom. The van der Waals surface area contributed by atoms with Crippen molar-refractivity contribution in [3.8, 4) is 10.6 Å². The van der Waals surface area contributed by atoms with Crippen molar-refractivity contribution in [2.75, 3.05) is 0 Å². The van der Waals surface area contributed by atoms with E-state index in [1.54, 1.807) is 22.7 Å². The molecule has 0 aliphatic rings. The Labute approximate surface area is 67.0 Å². The first-order chi connectivity index (χ1) is 4.97. The number of nitrogens with zero attached hydrogens (tertiary/aromatic N) is 1. The fourth-order valence-electron chi connectivity index (χ4n) is 0.707. The monoisotopic (exact) mass is 166 g/mol. The standard InChI is InChI=1S/C7H4NS2/c1-3-9-5-6(1)7-8-2-4-10-7/h1-2,4-5H. The molecular formula is C7H4NS2. The van der Waals surface area contributed by atoms with Crippen LogP contribution >= 0.6 is 22.7 Å². The molecule has 0 aliphatic heterocycles. The molecule has 0 fully saturated rings. The number of hydrogen-bond donors (Lipinski definition) is 0. The number of thiophene rings is 1. The first-order valence-electron chi connectivity index (χ1n) is 2.81. The highest BCUT2D eigenvalue weighted by Gasteiger charge is 1.97. The maximum Gasteiger partial charge on any atom is 0.124 e. The molecule has 2 rings (SSSR count). The minimum Gasteiger partial charge on any atom is -0.245 e. The smallest absolute Gasteiger partial charge is 0.124 e. The highest BCUT2D eigenvalue weighted by molar-refractivity contribution is 7.13. The summed E-state index contributed by atoms with van der Waals surface area (Å²) in [7, 11) is 0. The molecule has 0 spiro atoms. The van der Waals surface area contributed by atoms with Gasteiger partial charge in [0.25, 0.3) is 0 Å². The molecule has 3 heteroatoms. The van der Waals surface area contributed by atoms with E-state index in [0.717, 1.165) is 5.01 Å². The van der Waals surface area contributed by atoms with Gasteiger partial charge in [-0.05, 0) is 6.07 Å². The Bertz CT molecular complexity index is 251. The van der Waals surface area contributed by atoms with Crippen molar-refractivity contribution >= 4 is 22.7 Å². The van der Waals surface area contributed by atoms with E-state index in [1.165, 1.54) is 5.56 Å². The summed E-state index contributed by atoms with van der Waals surface area (Å²) in [5.74, 6) is 0. The molecule has 0 saturated carbocycles. The van der Waals surface area contributed by atoms with Gasteiger partial charge in [0, 0.05) is 27.9 Å². The van der Waals surface area contributed by atoms with Crippen LogP contribution in [0.15, 0.2) is 23.0 Å². The van der Waals surface area contributed by atoms with Crippen molar-refractivity contribution in [2.45, 2.75) is 0 Å². The highest BCUT2D eigenvalue weighted by atomic mass is 32.1. The second-order valence-electron chi connectivity index (χ2n) is 1.79. The van der Waals surface area contributed by atoms with Crippen LogP contribution in [0.5, 0.6) is 0 Å². The largest absolute Gasteiger partial charge is 0.245 e. The second-order valence-corrected chi connectivity index (χ2v) is 3.39.